The predicted molar refractivity (Wildman–Crippen MR) is 63.3 cm³/mol. The number of rotatable bonds is 3. The lowest BCUT2D eigenvalue weighted by molar-refractivity contribution is 0.0948. The minimum Gasteiger partial charge on any atom is -0.350 e. The minimum absolute atomic E-state index is 0.00127. The van der Waals surface area contributed by atoms with Gasteiger partial charge < -0.3 is 10.6 Å². The highest BCUT2D eigenvalue weighted by Crippen LogP contribution is 2.06. The lowest BCUT2D eigenvalue weighted by atomic mass is 10.1. The third-order valence-corrected chi connectivity index (χ3v) is 2.90. The van der Waals surface area contributed by atoms with Crippen LogP contribution in [0, 0.1) is 6.07 Å². The molecule has 1 amide bonds. The van der Waals surface area contributed by atoms with Crippen molar-refractivity contribution >= 4 is 5.91 Å². The summed E-state index contributed by atoms with van der Waals surface area (Å²) in [6.07, 6.45) is 3.66. The number of amides is 1. The van der Waals surface area contributed by atoms with Crippen LogP contribution in [0.4, 0.5) is 0 Å². The summed E-state index contributed by atoms with van der Waals surface area (Å²) in [6.45, 7) is 1.79. The van der Waals surface area contributed by atoms with Gasteiger partial charge in [0, 0.05) is 18.2 Å². The maximum Gasteiger partial charge on any atom is 0.251 e. The molecule has 1 radical (unpaired) electrons. The normalized spacial score (nSPS) is 20.4. The van der Waals surface area contributed by atoms with Gasteiger partial charge >= 0.3 is 0 Å². The van der Waals surface area contributed by atoms with Gasteiger partial charge in [-0.2, -0.15) is 0 Å². The van der Waals surface area contributed by atoms with Crippen molar-refractivity contribution in [2.24, 2.45) is 0 Å². The molecule has 2 rings (SSSR count). The topological polar surface area (TPSA) is 41.1 Å². The first-order valence-corrected chi connectivity index (χ1v) is 5.84. The highest BCUT2D eigenvalue weighted by atomic mass is 16.1. The SMILES string of the molecule is O=C(NCC1CCCCN1)c1cc[c]cc1. The zero-order valence-electron chi connectivity index (χ0n) is 9.33. The summed E-state index contributed by atoms with van der Waals surface area (Å²) in [4.78, 5) is 11.7. The molecule has 1 aliphatic heterocycles. The Morgan fingerprint density at radius 3 is 2.94 bits per heavy atom. The molecule has 3 heteroatoms. The van der Waals surface area contributed by atoms with E-state index in [1.807, 2.05) is 0 Å². The summed E-state index contributed by atoms with van der Waals surface area (Å²) in [5.74, 6) is 0.00127. The van der Waals surface area contributed by atoms with Gasteiger partial charge in [-0.05, 0) is 37.6 Å². The van der Waals surface area contributed by atoms with Gasteiger partial charge in [0.1, 0.15) is 0 Å². The van der Waals surface area contributed by atoms with Crippen LogP contribution < -0.4 is 10.6 Å². The lowest BCUT2D eigenvalue weighted by Gasteiger charge is -2.23. The van der Waals surface area contributed by atoms with Crippen molar-refractivity contribution in [2.45, 2.75) is 25.3 Å². The second kappa shape index (κ2) is 5.66. The second-order valence-corrected chi connectivity index (χ2v) is 4.15. The summed E-state index contributed by atoms with van der Waals surface area (Å²) < 4.78 is 0. The van der Waals surface area contributed by atoms with Crippen molar-refractivity contribution in [2.75, 3.05) is 13.1 Å². The van der Waals surface area contributed by atoms with Crippen LogP contribution >= 0.6 is 0 Å². The molecule has 1 unspecified atom stereocenters. The summed E-state index contributed by atoms with van der Waals surface area (Å²) in [6, 6.07) is 10.4. The number of carbonyl (C=O) groups is 1. The molecule has 0 aromatic heterocycles. The molecule has 85 valence electrons. The molecule has 1 fully saturated rings. The van der Waals surface area contributed by atoms with E-state index >= 15 is 0 Å². The Morgan fingerprint density at radius 1 is 1.44 bits per heavy atom. The summed E-state index contributed by atoms with van der Waals surface area (Å²) in [5, 5.41) is 6.36. The number of hydrogen-bond acceptors (Lipinski definition) is 2. The van der Waals surface area contributed by atoms with Crippen molar-refractivity contribution in [1.29, 1.82) is 0 Å². The Balaban J connectivity index is 1.79. The highest BCUT2D eigenvalue weighted by molar-refractivity contribution is 5.94. The fourth-order valence-corrected chi connectivity index (χ4v) is 1.95. The van der Waals surface area contributed by atoms with Gasteiger partial charge in [-0.1, -0.05) is 18.6 Å². The first-order valence-electron chi connectivity index (χ1n) is 5.84. The van der Waals surface area contributed by atoms with Gasteiger partial charge in [0.05, 0.1) is 0 Å². The van der Waals surface area contributed by atoms with Crippen molar-refractivity contribution < 1.29 is 4.79 Å². The molecule has 0 bridgehead atoms. The van der Waals surface area contributed by atoms with E-state index in [2.05, 4.69) is 16.7 Å². The Morgan fingerprint density at radius 2 is 2.25 bits per heavy atom. The zero-order chi connectivity index (χ0) is 11.2. The molecule has 1 aliphatic rings. The fourth-order valence-electron chi connectivity index (χ4n) is 1.95. The third kappa shape index (κ3) is 3.07. The van der Waals surface area contributed by atoms with Crippen LogP contribution in [0.15, 0.2) is 24.3 Å². The van der Waals surface area contributed by atoms with Crippen LogP contribution in [0.2, 0.25) is 0 Å². The number of hydrogen-bond donors (Lipinski definition) is 2. The fraction of sp³-hybridized carbons (Fsp3) is 0.462. The molecule has 3 nitrogen and oxygen atoms in total. The van der Waals surface area contributed by atoms with Crippen molar-refractivity contribution in [3.8, 4) is 0 Å². The predicted octanol–water partition coefficient (Wildman–Crippen LogP) is 1.36. The first kappa shape index (κ1) is 11.1. The number of benzene rings is 1. The van der Waals surface area contributed by atoms with Gasteiger partial charge in [0.25, 0.3) is 5.91 Å². The quantitative estimate of drug-likeness (QED) is 0.802. The average Bonchev–Trinajstić information content (AvgIpc) is 2.38. The van der Waals surface area contributed by atoms with E-state index in [0.29, 0.717) is 11.6 Å². The number of piperidine rings is 1. The minimum atomic E-state index is 0.00127. The molecular formula is C13H17N2O. The molecule has 1 aromatic rings. The Hall–Kier alpha value is -1.35. The van der Waals surface area contributed by atoms with E-state index < -0.39 is 0 Å². The molecule has 1 atom stereocenters. The van der Waals surface area contributed by atoms with Gasteiger partial charge in [-0.3, -0.25) is 4.79 Å². The van der Waals surface area contributed by atoms with Crippen LogP contribution in [0.25, 0.3) is 0 Å². The average molecular weight is 217 g/mol. The van der Waals surface area contributed by atoms with Gasteiger partial charge in [-0.15, -0.1) is 0 Å². The van der Waals surface area contributed by atoms with Crippen LogP contribution in [0.1, 0.15) is 29.6 Å². The maximum absolute atomic E-state index is 11.7. The first-order chi connectivity index (χ1) is 7.86. The Labute approximate surface area is 96.2 Å². The maximum atomic E-state index is 11.7. The molecular weight excluding hydrogens is 200 g/mol. The monoisotopic (exact) mass is 217 g/mol. The molecule has 1 heterocycles. The third-order valence-electron chi connectivity index (χ3n) is 2.90. The molecule has 1 aromatic carbocycles. The molecule has 0 saturated carbocycles. The van der Waals surface area contributed by atoms with Gasteiger partial charge in [0.15, 0.2) is 0 Å². The Kier molecular flexibility index (Phi) is 3.94. The van der Waals surface area contributed by atoms with E-state index in [1.165, 1.54) is 12.8 Å². The van der Waals surface area contributed by atoms with E-state index in [0.717, 1.165) is 19.5 Å². The molecule has 2 N–H and O–H groups in total. The molecule has 16 heavy (non-hydrogen) atoms. The zero-order valence-corrected chi connectivity index (χ0v) is 9.33. The van der Waals surface area contributed by atoms with E-state index in [4.69, 9.17) is 0 Å². The van der Waals surface area contributed by atoms with Gasteiger partial charge in [0.2, 0.25) is 0 Å². The van der Waals surface area contributed by atoms with Crippen LogP contribution in [-0.4, -0.2) is 25.0 Å². The molecule has 1 saturated heterocycles. The molecule has 0 spiro atoms. The summed E-state index contributed by atoms with van der Waals surface area (Å²) >= 11 is 0. The van der Waals surface area contributed by atoms with Crippen LogP contribution in [0.3, 0.4) is 0 Å². The number of carbonyl (C=O) groups excluding carboxylic acids is 1. The standard InChI is InChI=1S/C13H17N2O/c16-13(11-6-2-1-3-7-11)15-10-12-8-4-5-9-14-12/h2-3,6-7,12,14H,4-5,8-10H2,(H,15,16). The lowest BCUT2D eigenvalue weighted by Crippen LogP contribution is -2.43. The van der Waals surface area contributed by atoms with Gasteiger partial charge in [-0.25, -0.2) is 0 Å². The summed E-state index contributed by atoms with van der Waals surface area (Å²) in [7, 11) is 0. The van der Waals surface area contributed by atoms with E-state index in [-0.39, 0.29) is 5.91 Å². The largest absolute Gasteiger partial charge is 0.350 e. The number of nitrogens with one attached hydrogen (secondary N) is 2. The summed E-state index contributed by atoms with van der Waals surface area (Å²) in [5.41, 5.74) is 0.703. The van der Waals surface area contributed by atoms with E-state index in [9.17, 15) is 4.79 Å². The van der Waals surface area contributed by atoms with Crippen molar-refractivity contribution in [1.82, 2.24) is 10.6 Å². The van der Waals surface area contributed by atoms with Crippen LogP contribution in [-0.2, 0) is 0 Å². The Bertz CT molecular complexity index is 331. The van der Waals surface area contributed by atoms with Crippen molar-refractivity contribution in [3.05, 3.63) is 35.9 Å². The van der Waals surface area contributed by atoms with Crippen molar-refractivity contribution in [3.63, 3.8) is 0 Å². The smallest absolute Gasteiger partial charge is 0.251 e. The highest BCUT2D eigenvalue weighted by Gasteiger charge is 2.13. The second-order valence-electron chi connectivity index (χ2n) is 4.15. The van der Waals surface area contributed by atoms with Crippen LogP contribution in [0.5, 0.6) is 0 Å². The van der Waals surface area contributed by atoms with E-state index in [1.54, 1.807) is 24.3 Å². The molecule has 0 aliphatic carbocycles.